The van der Waals surface area contributed by atoms with Crippen molar-refractivity contribution in [3.8, 4) is 0 Å². The molecule has 0 N–H and O–H groups in total. The summed E-state index contributed by atoms with van der Waals surface area (Å²) in [7, 11) is 0. The zero-order valence-corrected chi connectivity index (χ0v) is 8.73. The van der Waals surface area contributed by atoms with Crippen LogP contribution in [0.2, 0.25) is 0 Å². The summed E-state index contributed by atoms with van der Waals surface area (Å²) in [5, 5.41) is 2.61. The van der Waals surface area contributed by atoms with E-state index in [1.54, 1.807) is 0 Å². The van der Waals surface area contributed by atoms with Crippen LogP contribution < -0.4 is 0 Å². The van der Waals surface area contributed by atoms with Gasteiger partial charge in [-0.1, -0.05) is 23.8 Å². The second-order valence-electron chi connectivity index (χ2n) is 3.49. The molecule has 66 valence electrons. The zero-order chi connectivity index (χ0) is 9.42. The third-order valence-corrected chi connectivity index (χ3v) is 2.57. The van der Waals surface area contributed by atoms with Crippen LogP contribution in [0.3, 0.4) is 0 Å². The quantitative estimate of drug-likeness (QED) is 0.598. The SMILES string of the molecule is Cc1cc(C)c2cc(S)ccc2c1. The summed E-state index contributed by atoms with van der Waals surface area (Å²) in [5.41, 5.74) is 2.64. The van der Waals surface area contributed by atoms with E-state index in [0.717, 1.165) is 4.90 Å². The van der Waals surface area contributed by atoms with Crippen LogP contribution in [-0.2, 0) is 0 Å². The highest BCUT2D eigenvalue weighted by Crippen LogP contribution is 2.22. The number of hydrogen-bond donors (Lipinski definition) is 1. The lowest BCUT2D eigenvalue weighted by Crippen LogP contribution is -1.81. The number of fused-ring (bicyclic) bond motifs is 1. The molecule has 0 unspecified atom stereocenters. The van der Waals surface area contributed by atoms with Crippen molar-refractivity contribution in [1.82, 2.24) is 0 Å². The molecule has 0 saturated heterocycles. The smallest absolute Gasteiger partial charge is 0.00464 e. The molecule has 0 amide bonds. The molecule has 2 aromatic rings. The fourth-order valence-corrected chi connectivity index (χ4v) is 1.92. The Labute approximate surface area is 84.0 Å². The van der Waals surface area contributed by atoms with E-state index >= 15 is 0 Å². The lowest BCUT2D eigenvalue weighted by Gasteiger charge is -2.04. The lowest BCUT2D eigenvalue weighted by molar-refractivity contribution is 1.41. The van der Waals surface area contributed by atoms with Crippen molar-refractivity contribution in [1.29, 1.82) is 0 Å². The van der Waals surface area contributed by atoms with Crippen LogP contribution in [0, 0.1) is 13.8 Å². The van der Waals surface area contributed by atoms with Gasteiger partial charge >= 0.3 is 0 Å². The molecule has 0 bridgehead atoms. The molecule has 0 saturated carbocycles. The summed E-state index contributed by atoms with van der Waals surface area (Å²) in [5.74, 6) is 0. The highest BCUT2D eigenvalue weighted by atomic mass is 32.1. The van der Waals surface area contributed by atoms with E-state index in [1.165, 1.54) is 21.9 Å². The predicted octanol–water partition coefficient (Wildman–Crippen LogP) is 3.75. The van der Waals surface area contributed by atoms with Crippen LogP contribution in [0.25, 0.3) is 10.8 Å². The monoisotopic (exact) mass is 188 g/mol. The first kappa shape index (κ1) is 8.64. The third kappa shape index (κ3) is 1.56. The van der Waals surface area contributed by atoms with Gasteiger partial charge in [-0.2, -0.15) is 0 Å². The summed E-state index contributed by atoms with van der Waals surface area (Å²) in [4.78, 5) is 1.03. The van der Waals surface area contributed by atoms with Gasteiger partial charge in [-0.15, -0.1) is 12.6 Å². The van der Waals surface area contributed by atoms with Crippen LogP contribution in [0.4, 0.5) is 0 Å². The minimum Gasteiger partial charge on any atom is -0.143 e. The summed E-state index contributed by atoms with van der Waals surface area (Å²) >= 11 is 4.33. The first-order valence-corrected chi connectivity index (χ1v) is 4.81. The Morgan fingerprint density at radius 1 is 1.00 bits per heavy atom. The Balaban J connectivity index is 2.87. The summed E-state index contributed by atoms with van der Waals surface area (Å²) in [6.07, 6.45) is 0. The van der Waals surface area contributed by atoms with Gasteiger partial charge in [0.15, 0.2) is 0 Å². The van der Waals surface area contributed by atoms with E-state index in [9.17, 15) is 0 Å². The van der Waals surface area contributed by atoms with Crippen LogP contribution in [0.15, 0.2) is 35.2 Å². The molecular weight excluding hydrogens is 176 g/mol. The Kier molecular flexibility index (Phi) is 2.04. The Morgan fingerprint density at radius 2 is 1.77 bits per heavy atom. The lowest BCUT2D eigenvalue weighted by atomic mass is 10.0. The molecule has 1 heteroatoms. The number of thiol groups is 1. The van der Waals surface area contributed by atoms with E-state index in [-0.39, 0.29) is 0 Å². The van der Waals surface area contributed by atoms with E-state index in [1.807, 2.05) is 6.07 Å². The van der Waals surface area contributed by atoms with Gasteiger partial charge in [0.2, 0.25) is 0 Å². The maximum atomic E-state index is 4.33. The molecule has 0 spiro atoms. The molecule has 0 fully saturated rings. The Bertz CT molecular complexity index is 458. The number of hydrogen-bond acceptors (Lipinski definition) is 1. The topological polar surface area (TPSA) is 0 Å². The van der Waals surface area contributed by atoms with Gasteiger partial charge in [-0.3, -0.25) is 0 Å². The normalized spacial score (nSPS) is 10.7. The van der Waals surface area contributed by atoms with Gasteiger partial charge < -0.3 is 0 Å². The Hall–Kier alpha value is -0.950. The third-order valence-electron chi connectivity index (χ3n) is 2.29. The van der Waals surface area contributed by atoms with Gasteiger partial charge in [0.05, 0.1) is 0 Å². The molecule has 0 radical (unpaired) electrons. The molecule has 0 aliphatic heterocycles. The van der Waals surface area contributed by atoms with Crippen molar-refractivity contribution in [2.75, 3.05) is 0 Å². The van der Waals surface area contributed by atoms with Crippen LogP contribution in [0.1, 0.15) is 11.1 Å². The Morgan fingerprint density at radius 3 is 2.54 bits per heavy atom. The second-order valence-corrected chi connectivity index (χ2v) is 4.00. The number of aryl methyl sites for hydroxylation is 2. The minimum atomic E-state index is 1.03. The molecule has 13 heavy (non-hydrogen) atoms. The van der Waals surface area contributed by atoms with Crippen LogP contribution in [0.5, 0.6) is 0 Å². The summed E-state index contributed by atoms with van der Waals surface area (Å²) in [6, 6.07) is 10.7. The van der Waals surface area contributed by atoms with Crippen molar-refractivity contribution in [3.63, 3.8) is 0 Å². The van der Waals surface area contributed by atoms with Crippen molar-refractivity contribution in [2.45, 2.75) is 18.7 Å². The standard InChI is InChI=1S/C12H12S/c1-8-5-9(2)12-7-11(13)4-3-10(12)6-8/h3-7,13H,1-2H3. The highest BCUT2D eigenvalue weighted by molar-refractivity contribution is 7.80. The first-order chi connectivity index (χ1) is 6.16. The van der Waals surface area contributed by atoms with Gasteiger partial charge in [-0.05, 0) is 42.3 Å². The fourth-order valence-electron chi connectivity index (χ4n) is 1.72. The van der Waals surface area contributed by atoms with Crippen molar-refractivity contribution in [2.24, 2.45) is 0 Å². The van der Waals surface area contributed by atoms with Crippen LogP contribution in [-0.4, -0.2) is 0 Å². The molecule has 0 aromatic heterocycles. The maximum Gasteiger partial charge on any atom is 0.00464 e. The van der Waals surface area contributed by atoms with Gasteiger partial charge in [0.25, 0.3) is 0 Å². The summed E-state index contributed by atoms with van der Waals surface area (Å²) in [6.45, 7) is 4.27. The molecule has 0 atom stereocenters. The number of rotatable bonds is 0. The summed E-state index contributed by atoms with van der Waals surface area (Å²) < 4.78 is 0. The van der Waals surface area contributed by atoms with E-state index < -0.39 is 0 Å². The predicted molar refractivity (Wildman–Crippen MR) is 60.7 cm³/mol. The minimum absolute atomic E-state index is 1.03. The molecule has 0 aliphatic rings. The first-order valence-electron chi connectivity index (χ1n) is 4.37. The van der Waals surface area contributed by atoms with Crippen molar-refractivity contribution >= 4 is 23.4 Å². The molecule has 2 aromatic carbocycles. The molecular formula is C12H12S. The molecule has 0 nitrogen and oxygen atoms in total. The molecule has 0 heterocycles. The van der Waals surface area contributed by atoms with Crippen molar-refractivity contribution < 1.29 is 0 Å². The van der Waals surface area contributed by atoms with E-state index in [4.69, 9.17) is 0 Å². The van der Waals surface area contributed by atoms with Gasteiger partial charge in [0.1, 0.15) is 0 Å². The largest absolute Gasteiger partial charge is 0.143 e. The van der Waals surface area contributed by atoms with Gasteiger partial charge in [0, 0.05) is 4.90 Å². The molecule has 0 aliphatic carbocycles. The van der Waals surface area contributed by atoms with E-state index in [0.29, 0.717) is 0 Å². The second kappa shape index (κ2) is 3.08. The maximum absolute atomic E-state index is 4.33. The molecule has 2 rings (SSSR count). The zero-order valence-electron chi connectivity index (χ0n) is 7.83. The average molecular weight is 188 g/mol. The van der Waals surface area contributed by atoms with Crippen LogP contribution >= 0.6 is 12.6 Å². The highest BCUT2D eigenvalue weighted by Gasteiger charge is 1.98. The van der Waals surface area contributed by atoms with Crippen molar-refractivity contribution in [3.05, 3.63) is 41.5 Å². The fraction of sp³-hybridized carbons (Fsp3) is 0.167. The average Bonchev–Trinajstić information content (AvgIpc) is 2.06. The van der Waals surface area contributed by atoms with Gasteiger partial charge in [-0.25, -0.2) is 0 Å². The van der Waals surface area contributed by atoms with E-state index in [2.05, 4.69) is 50.7 Å². The number of benzene rings is 2.